The van der Waals surface area contributed by atoms with Gasteiger partial charge in [0.25, 0.3) is 5.56 Å². The van der Waals surface area contributed by atoms with Crippen LogP contribution >= 0.6 is 0 Å². The third kappa shape index (κ3) is 3.53. The van der Waals surface area contributed by atoms with Gasteiger partial charge < -0.3 is 4.90 Å². The first-order valence-corrected chi connectivity index (χ1v) is 4.82. The summed E-state index contributed by atoms with van der Waals surface area (Å²) >= 11 is 0. The molecule has 5 heteroatoms. The van der Waals surface area contributed by atoms with Crippen molar-refractivity contribution < 1.29 is 4.79 Å². The summed E-state index contributed by atoms with van der Waals surface area (Å²) in [6.45, 7) is 0.534. The first kappa shape index (κ1) is 11.4. The number of hydrogen-bond acceptors (Lipinski definition) is 3. The molecule has 1 heterocycles. The Kier molecular flexibility index (Phi) is 4.03. The molecule has 1 amide bonds. The molecule has 0 radical (unpaired) electrons. The predicted molar refractivity (Wildman–Crippen MR) is 56.4 cm³/mol. The topological polar surface area (TPSA) is 55.2 Å². The fraction of sp³-hybridized carbons (Fsp3) is 0.500. The number of amides is 1. The van der Waals surface area contributed by atoms with Crippen molar-refractivity contribution in [1.29, 1.82) is 0 Å². The molecule has 0 aliphatic heterocycles. The molecule has 0 fully saturated rings. The average Bonchev–Trinajstić information content (AvgIpc) is 2.20. The lowest BCUT2D eigenvalue weighted by Gasteiger charge is -2.10. The third-order valence-electron chi connectivity index (χ3n) is 2.08. The molecule has 0 saturated carbocycles. The van der Waals surface area contributed by atoms with E-state index in [-0.39, 0.29) is 11.5 Å². The second-order valence-corrected chi connectivity index (χ2v) is 3.50. The molecule has 0 atom stereocenters. The molecule has 0 bridgehead atoms. The molecule has 0 spiro atoms. The molecular formula is C10H15N3O2. The molecule has 15 heavy (non-hydrogen) atoms. The molecule has 0 unspecified atom stereocenters. The Hall–Kier alpha value is -1.65. The van der Waals surface area contributed by atoms with E-state index in [9.17, 15) is 9.59 Å². The van der Waals surface area contributed by atoms with Crippen LogP contribution < -0.4 is 5.56 Å². The van der Waals surface area contributed by atoms with Gasteiger partial charge in [-0.2, -0.15) is 0 Å². The lowest BCUT2D eigenvalue weighted by Crippen LogP contribution is -2.23. The first-order chi connectivity index (χ1) is 7.11. The van der Waals surface area contributed by atoms with Gasteiger partial charge in [0.2, 0.25) is 5.91 Å². The van der Waals surface area contributed by atoms with Crippen LogP contribution in [0.25, 0.3) is 0 Å². The highest BCUT2D eigenvalue weighted by atomic mass is 16.2. The molecule has 0 aliphatic rings. The summed E-state index contributed by atoms with van der Waals surface area (Å²) in [6, 6.07) is 1.41. The highest BCUT2D eigenvalue weighted by Gasteiger charge is 2.03. The van der Waals surface area contributed by atoms with Crippen LogP contribution in [0.2, 0.25) is 0 Å². The van der Waals surface area contributed by atoms with E-state index in [1.807, 2.05) is 0 Å². The molecule has 0 aliphatic carbocycles. The summed E-state index contributed by atoms with van der Waals surface area (Å²) in [7, 11) is 3.44. The molecular weight excluding hydrogens is 194 g/mol. The van der Waals surface area contributed by atoms with Crippen LogP contribution in [0.3, 0.4) is 0 Å². The van der Waals surface area contributed by atoms with Gasteiger partial charge >= 0.3 is 0 Å². The van der Waals surface area contributed by atoms with E-state index in [1.165, 1.54) is 23.2 Å². The van der Waals surface area contributed by atoms with Crippen molar-refractivity contribution in [3.05, 3.63) is 28.9 Å². The van der Waals surface area contributed by atoms with E-state index in [4.69, 9.17) is 0 Å². The summed E-state index contributed by atoms with van der Waals surface area (Å²) in [5.41, 5.74) is -0.0812. The van der Waals surface area contributed by atoms with Gasteiger partial charge in [0.1, 0.15) is 0 Å². The van der Waals surface area contributed by atoms with Crippen LogP contribution in [-0.2, 0) is 11.3 Å². The average molecular weight is 209 g/mol. The quantitative estimate of drug-likeness (QED) is 0.707. The van der Waals surface area contributed by atoms with Gasteiger partial charge in [0.05, 0.1) is 6.33 Å². The number of aryl methyl sites for hydroxylation is 1. The number of hydrogen-bond donors (Lipinski definition) is 0. The van der Waals surface area contributed by atoms with Crippen LogP contribution in [0.5, 0.6) is 0 Å². The molecule has 0 N–H and O–H groups in total. The second kappa shape index (κ2) is 5.29. The SMILES string of the molecule is CN(C)C(=O)CCCn1cnccc1=O. The smallest absolute Gasteiger partial charge is 0.253 e. The van der Waals surface area contributed by atoms with Crippen LogP contribution in [-0.4, -0.2) is 34.5 Å². The van der Waals surface area contributed by atoms with Gasteiger partial charge in [0.15, 0.2) is 0 Å². The third-order valence-corrected chi connectivity index (χ3v) is 2.08. The zero-order valence-electron chi connectivity index (χ0n) is 9.01. The summed E-state index contributed by atoms with van der Waals surface area (Å²) < 4.78 is 1.50. The van der Waals surface area contributed by atoms with E-state index < -0.39 is 0 Å². The van der Waals surface area contributed by atoms with Crippen molar-refractivity contribution in [3.8, 4) is 0 Å². The maximum Gasteiger partial charge on any atom is 0.253 e. The lowest BCUT2D eigenvalue weighted by atomic mass is 10.3. The minimum atomic E-state index is -0.0812. The van der Waals surface area contributed by atoms with Crippen molar-refractivity contribution >= 4 is 5.91 Å². The number of carbonyl (C=O) groups is 1. The Morgan fingerprint density at radius 2 is 2.27 bits per heavy atom. The van der Waals surface area contributed by atoms with Gasteiger partial charge in [-0.15, -0.1) is 0 Å². The van der Waals surface area contributed by atoms with Gasteiger partial charge in [-0.1, -0.05) is 0 Å². The normalized spacial score (nSPS) is 10.0. The maximum atomic E-state index is 11.3. The Balaban J connectivity index is 2.42. The second-order valence-electron chi connectivity index (χ2n) is 3.50. The number of rotatable bonds is 4. The Morgan fingerprint density at radius 1 is 1.53 bits per heavy atom. The van der Waals surface area contributed by atoms with Crippen molar-refractivity contribution in [2.24, 2.45) is 0 Å². The molecule has 5 nitrogen and oxygen atoms in total. The summed E-state index contributed by atoms with van der Waals surface area (Å²) in [6.07, 6.45) is 4.06. The molecule has 0 aromatic carbocycles. The van der Waals surface area contributed by atoms with Gasteiger partial charge in [-0.05, 0) is 6.42 Å². The van der Waals surface area contributed by atoms with Crippen molar-refractivity contribution in [2.45, 2.75) is 19.4 Å². The molecule has 1 rings (SSSR count). The molecule has 0 saturated heterocycles. The number of nitrogens with zero attached hydrogens (tertiary/aromatic N) is 3. The molecule has 82 valence electrons. The standard InChI is InChI=1S/C10H15N3O2/c1-12(2)9(14)4-3-7-13-8-11-6-5-10(13)15/h5-6,8H,3-4,7H2,1-2H3. The highest BCUT2D eigenvalue weighted by Crippen LogP contribution is 1.95. The number of carbonyl (C=O) groups excluding carboxylic acids is 1. The van der Waals surface area contributed by atoms with Crippen molar-refractivity contribution in [1.82, 2.24) is 14.5 Å². The summed E-state index contributed by atoms with van der Waals surface area (Å²) in [5, 5.41) is 0. The lowest BCUT2D eigenvalue weighted by molar-refractivity contribution is -0.128. The summed E-state index contributed by atoms with van der Waals surface area (Å²) in [4.78, 5) is 27.9. The van der Waals surface area contributed by atoms with Gasteiger partial charge in [-0.3, -0.25) is 14.2 Å². The van der Waals surface area contributed by atoms with Crippen molar-refractivity contribution in [2.75, 3.05) is 14.1 Å². The van der Waals surface area contributed by atoms with Crippen LogP contribution in [0.1, 0.15) is 12.8 Å². The van der Waals surface area contributed by atoms with E-state index >= 15 is 0 Å². The van der Waals surface area contributed by atoms with E-state index in [0.29, 0.717) is 19.4 Å². The van der Waals surface area contributed by atoms with Gasteiger partial charge in [0, 0.05) is 39.3 Å². The zero-order chi connectivity index (χ0) is 11.3. The van der Waals surface area contributed by atoms with E-state index in [2.05, 4.69) is 4.98 Å². The monoisotopic (exact) mass is 209 g/mol. The largest absolute Gasteiger partial charge is 0.349 e. The van der Waals surface area contributed by atoms with E-state index in [0.717, 1.165) is 0 Å². The minimum Gasteiger partial charge on any atom is -0.349 e. The fourth-order valence-corrected chi connectivity index (χ4v) is 1.17. The van der Waals surface area contributed by atoms with E-state index in [1.54, 1.807) is 19.0 Å². The molecule has 1 aromatic rings. The Morgan fingerprint density at radius 3 is 2.87 bits per heavy atom. The summed E-state index contributed by atoms with van der Waals surface area (Å²) in [5.74, 6) is 0.0759. The van der Waals surface area contributed by atoms with Gasteiger partial charge in [-0.25, -0.2) is 4.98 Å². The Labute approximate surface area is 88.4 Å². The fourth-order valence-electron chi connectivity index (χ4n) is 1.17. The van der Waals surface area contributed by atoms with Crippen LogP contribution in [0, 0.1) is 0 Å². The minimum absolute atomic E-state index is 0.0759. The predicted octanol–water partition coefficient (Wildman–Crippen LogP) is 0.112. The zero-order valence-corrected chi connectivity index (χ0v) is 9.01. The number of aromatic nitrogens is 2. The van der Waals surface area contributed by atoms with Crippen LogP contribution in [0.15, 0.2) is 23.4 Å². The Bertz CT molecular complexity index is 384. The highest BCUT2D eigenvalue weighted by molar-refractivity contribution is 5.75. The molecule has 1 aromatic heterocycles. The maximum absolute atomic E-state index is 11.3. The first-order valence-electron chi connectivity index (χ1n) is 4.82. The van der Waals surface area contributed by atoms with Crippen LogP contribution in [0.4, 0.5) is 0 Å². The van der Waals surface area contributed by atoms with Crippen molar-refractivity contribution in [3.63, 3.8) is 0 Å².